The molecule has 0 aliphatic carbocycles. The largest absolute Gasteiger partial charge is 0.360 e. The fourth-order valence-corrected chi connectivity index (χ4v) is 2.13. The molecule has 0 atom stereocenters. The van der Waals surface area contributed by atoms with Crippen molar-refractivity contribution in [2.24, 2.45) is 0 Å². The van der Waals surface area contributed by atoms with E-state index in [1.54, 1.807) is 38.4 Å². The van der Waals surface area contributed by atoms with E-state index in [1.807, 2.05) is 0 Å². The van der Waals surface area contributed by atoms with Gasteiger partial charge in [-0.3, -0.25) is 14.4 Å². The first-order valence-electron chi connectivity index (χ1n) is 7.31. The molecule has 23 heavy (non-hydrogen) atoms. The lowest BCUT2D eigenvalue weighted by Crippen LogP contribution is -2.41. The molecule has 0 bridgehead atoms. The number of aromatic nitrogens is 1. The number of para-hydroxylation sites is 1. The lowest BCUT2D eigenvalue weighted by molar-refractivity contribution is -0.128. The molecule has 3 N–H and O–H groups in total. The Morgan fingerprint density at radius 2 is 2.00 bits per heavy atom. The Kier molecular flexibility index (Phi) is 5.48. The van der Waals surface area contributed by atoms with Gasteiger partial charge in [0.2, 0.25) is 11.3 Å². The first kappa shape index (κ1) is 16.7. The van der Waals surface area contributed by atoms with Crippen LogP contribution in [0.15, 0.2) is 35.3 Å². The van der Waals surface area contributed by atoms with Crippen molar-refractivity contribution >= 4 is 22.7 Å². The predicted octanol–water partition coefficient (Wildman–Crippen LogP) is -0.0643. The van der Waals surface area contributed by atoms with Crippen molar-refractivity contribution < 1.29 is 9.59 Å². The van der Waals surface area contributed by atoms with Crippen molar-refractivity contribution in [3.8, 4) is 0 Å². The molecule has 2 rings (SSSR count). The van der Waals surface area contributed by atoms with E-state index in [-0.39, 0.29) is 23.4 Å². The fraction of sp³-hybridized carbons (Fsp3) is 0.312. The van der Waals surface area contributed by atoms with E-state index in [0.717, 1.165) is 0 Å². The van der Waals surface area contributed by atoms with Gasteiger partial charge in [-0.05, 0) is 19.2 Å². The second-order valence-electron chi connectivity index (χ2n) is 5.18. The molecule has 1 aromatic carbocycles. The minimum absolute atomic E-state index is 0.00521. The summed E-state index contributed by atoms with van der Waals surface area (Å²) in [6.45, 7) is 1.06. The number of carbonyl (C=O) groups is 2. The molecule has 7 heteroatoms. The number of pyridine rings is 1. The normalized spacial score (nSPS) is 10.5. The second kappa shape index (κ2) is 7.55. The number of hydrogen-bond donors (Lipinski definition) is 3. The molecule has 0 saturated carbocycles. The van der Waals surface area contributed by atoms with E-state index in [9.17, 15) is 14.4 Å². The van der Waals surface area contributed by atoms with Crippen LogP contribution in [-0.2, 0) is 4.79 Å². The summed E-state index contributed by atoms with van der Waals surface area (Å²) in [5.74, 6) is -0.779. The molecule has 0 aliphatic rings. The topological polar surface area (TPSA) is 94.3 Å². The zero-order chi connectivity index (χ0) is 16.8. The van der Waals surface area contributed by atoms with Crippen molar-refractivity contribution in [3.05, 3.63) is 46.2 Å². The van der Waals surface area contributed by atoms with E-state index in [0.29, 0.717) is 24.0 Å². The van der Waals surface area contributed by atoms with Gasteiger partial charge in [0, 0.05) is 37.2 Å². The summed E-state index contributed by atoms with van der Waals surface area (Å²) in [6.07, 6.45) is 1.37. The van der Waals surface area contributed by atoms with Gasteiger partial charge in [-0.1, -0.05) is 12.1 Å². The standard InChI is InChI=1S/C16H20N4O3/c1-17-7-8-20(2)14(21)10-19-16(23)12-9-18-13-6-4-3-5-11(13)15(12)22/h3-6,9,17H,7-8,10H2,1-2H3,(H,18,22)(H,19,23). The number of amides is 2. The number of H-pyrrole nitrogens is 1. The zero-order valence-electron chi connectivity index (χ0n) is 13.2. The van der Waals surface area contributed by atoms with Gasteiger partial charge in [0.1, 0.15) is 5.56 Å². The monoisotopic (exact) mass is 316 g/mol. The molecule has 0 aliphatic heterocycles. The summed E-state index contributed by atoms with van der Waals surface area (Å²) < 4.78 is 0. The first-order valence-corrected chi connectivity index (χ1v) is 7.31. The third kappa shape index (κ3) is 3.95. The lowest BCUT2D eigenvalue weighted by atomic mass is 10.1. The molecular formula is C16H20N4O3. The van der Waals surface area contributed by atoms with Crippen LogP contribution in [0.3, 0.4) is 0 Å². The summed E-state index contributed by atoms with van der Waals surface area (Å²) in [4.78, 5) is 40.8. The van der Waals surface area contributed by atoms with Crippen LogP contribution in [0.25, 0.3) is 10.9 Å². The Morgan fingerprint density at radius 3 is 2.74 bits per heavy atom. The second-order valence-corrected chi connectivity index (χ2v) is 5.18. The number of nitrogens with one attached hydrogen (secondary N) is 3. The zero-order valence-corrected chi connectivity index (χ0v) is 13.2. The number of likely N-dealkylation sites (N-methyl/N-ethyl adjacent to an activating group) is 2. The lowest BCUT2D eigenvalue weighted by Gasteiger charge is -2.17. The van der Waals surface area contributed by atoms with Crippen LogP contribution in [0.5, 0.6) is 0 Å². The predicted molar refractivity (Wildman–Crippen MR) is 88.5 cm³/mol. The van der Waals surface area contributed by atoms with Gasteiger partial charge in [-0.2, -0.15) is 0 Å². The van der Waals surface area contributed by atoms with Crippen molar-refractivity contribution in [1.29, 1.82) is 0 Å². The highest BCUT2D eigenvalue weighted by molar-refractivity contribution is 5.98. The highest BCUT2D eigenvalue weighted by Crippen LogP contribution is 2.06. The van der Waals surface area contributed by atoms with Gasteiger partial charge < -0.3 is 20.5 Å². The minimum Gasteiger partial charge on any atom is -0.360 e. The van der Waals surface area contributed by atoms with E-state index >= 15 is 0 Å². The van der Waals surface area contributed by atoms with Gasteiger partial charge in [0.25, 0.3) is 5.91 Å². The quantitative estimate of drug-likeness (QED) is 0.696. The minimum atomic E-state index is -0.563. The Morgan fingerprint density at radius 1 is 1.26 bits per heavy atom. The van der Waals surface area contributed by atoms with E-state index in [1.165, 1.54) is 11.1 Å². The molecule has 0 saturated heterocycles. The van der Waals surface area contributed by atoms with E-state index in [4.69, 9.17) is 0 Å². The maximum atomic E-state index is 12.3. The van der Waals surface area contributed by atoms with Crippen molar-refractivity contribution in [1.82, 2.24) is 20.5 Å². The third-order valence-electron chi connectivity index (χ3n) is 3.56. The molecule has 0 radical (unpaired) electrons. The molecule has 2 amide bonds. The molecule has 122 valence electrons. The number of fused-ring (bicyclic) bond motifs is 1. The van der Waals surface area contributed by atoms with Crippen molar-refractivity contribution in [3.63, 3.8) is 0 Å². The van der Waals surface area contributed by atoms with Gasteiger partial charge in [0.15, 0.2) is 0 Å². The highest BCUT2D eigenvalue weighted by atomic mass is 16.2. The maximum Gasteiger partial charge on any atom is 0.257 e. The van der Waals surface area contributed by atoms with Crippen LogP contribution in [0.1, 0.15) is 10.4 Å². The van der Waals surface area contributed by atoms with Crippen molar-refractivity contribution in [2.75, 3.05) is 33.7 Å². The molecule has 7 nitrogen and oxygen atoms in total. The van der Waals surface area contributed by atoms with Gasteiger partial charge in [-0.15, -0.1) is 0 Å². The van der Waals surface area contributed by atoms with Gasteiger partial charge in [-0.25, -0.2) is 0 Å². The number of aromatic amines is 1. The van der Waals surface area contributed by atoms with Gasteiger partial charge >= 0.3 is 0 Å². The summed E-state index contributed by atoms with van der Waals surface area (Å²) in [5, 5.41) is 5.88. The summed E-state index contributed by atoms with van der Waals surface area (Å²) in [5.41, 5.74) is 0.305. The Bertz CT molecular complexity index is 769. The Balaban J connectivity index is 2.05. The van der Waals surface area contributed by atoms with E-state index < -0.39 is 5.91 Å². The average molecular weight is 316 g/mol. The van der Waals surface area contributed by atoms with Crippen LogP contribution in [0.4, 0.5) is 0 Å². The highest BCUT2D eigenvalue weighted by Gasteiger charge is 2.15. The van der Waals surface area contributed by atoms with E-state index in [2.05, 4.69) is 15.6 Å². The number of nitrogens with zero attached hydrogens (tertiary/aromatic N) is 1. The molecule has 1 aromatic heterocycles. The number of rotatable bonds is 6. The smallest absolute Gasteiger partial charge is 0.257 e. The first-order chi connectivity index (χ1) is 11.0. The molecular weight excluding hydrogens is 296 g/mol. The van der Waals surface area contributed by atoms with Crippen LogP contribution in [-0.4, -0.2) is 55.4 Å². The maximum absolute atomic E-state index is 12.3. The molecule has 0 spiro atoms. The Labute approximate surface area is 133 Å². The number of hydrogen-bond acceptors (Lipinski definition) is 4. The van der Waals surface area contributed by atoms with Crippen LogP contribution < -0.4 is 16.1 Å². The average Bonchev–Trinajstić information content (AvgIpc) is 2.57. The molecule has 1 heterocycles. The summed E-state index contributed by atoms with van der Waals surface area (Å²) in [6, 6.07) is 6.96. The van der Waals surface area contributed by atoms with Crippen LogP contribution >= 0.6 is 0 Å². The molecule has 0 fully saturated rings. The van der Waals surface area contributed by atoms with Gasteiger partial charge in [0.05, 0.1) is 6.54 Å². The van der Waals surface area contributed by atoms with Crippen molar-refractivity contribution in [2.45, 2.75) is 0 Å². The SMILES string of the molecule is CNCCN(C)C(=O)CNC(=O)c1c[nH]c2ccccc2c1=O. The number of benzene rings is 1. The van der Waals surface area contributed by atoms with Crippen LogP contribution in [0, 0.1) is 0 Å². The summed E-state index contributed by atoms with van der Waals surface area (Å²) in [7, 11) is 3.46. The summed E-state index contributed by atoms with van der Waals surface area (Å²) >= 11 is 0. The number of carbonyl (C=O) groups excluding carboxylic acids is 2. The third-order valence-corrected chi connectivity index (χ3v) is 3.56. The molecule has 2 aromatic rings. The van der Waals surface area contributed by atoms with Crippen LogP contribution in [0.2, 0.25) is 0 Å². The molecule has 0 unspecified atom stereocenters. The Hall–Kier alpha value is -2.67. The fourth-order valence-electron chi connectivity index (χ4n) is 2.13.